The van der Waals surface area contributed by atoms with Gasteiger partial charge in [0.1, 0.15) is 5.69 Å². The minimum atomic E-state index is 0.707. The van der Waals surface area contributed by atoms with Gasteiger partial charge in [0.2, 0.25) is 0 Å². The number of aliphatic imine (C=N–C) groups is 2. The molecule has 6 rings (SSSR count). The average Bonchev–Trinajstić information content (AvgIpc) is 3.17. The zero-order chi connectivity index (χ0) is 27.0. The third-order valence-corrected chi connectivity index (χ3v) is 6.28. The second-order valence-corrected chi connectivity index (χ2v) is 9.01. The van der Waals surface area contributed by atoms with E-state index in [1.807, 2.05) is 72.8 Å². The van der Waals surface area contributed by atoms with Crippen LogP contribution < -0.4 is 10.6 Å². The number of fused-ring (bicyclic) bond motifs is 1. The molecular formula is C33H25N7. The summed E-state index contributed by atoms with van der Waals surface area (Å²) in [7, 11) is 0. The van der Waals surface area contributed by atoms with Gasteiger partial charge >= 0.3 is 0 Å². The van der Waals surface area contributed by atoms with E-state index in [0.29, 0.717) is 5.69 Å². The van der Waals surface area contributed by atoms with Crippen LogP contribution in [0.25, 0.3) is 35.6 Å². The summed E-state index contributed by atoms with van der Waals surface area (Å²) < 4.78 is 0. The first-order valence-electron chi connectivity index (χ1n) is 12.8. The lowest BCUT2D eigenvalue weighted by molar-refractivity contribution is 1.08. The molecule has 0 bridgehead atoms. The maximum atomic E-state index is 4.69. The Labute approximate surface area is 232 Å². The predicted octanol–water partition coefficient (Wildman–Crippen LogP) is 6.12. The van der Waals surface area contributed by atoms with Gasteiger partial charge in [-0.1, -0.05) is 60.7 Å². The minimum Gasteiger partial charge on any atom is -0.346 e. The number of benzene rings is 2. The van der Waals surface area contributed by atoms with Crippen LogP contribution in [0.1, 0.15) is 22.5 Å². The van der Waals surface area contributed by atoms with Crippen LogP contribution in [0.2, 0.25) is 0 Å². The number of rotatable bonds is 4. The summed E-state index contributed by atoms with van der Waals surface area (Å²) in [5, 5.41) is 15.4. The molecule has 4 aliphatic heterocycles. The molecule has 7 nitrogen and oxygen atoms in total. The second-order valence-electron chi connectivity index (χ2n) is 9.01. The van der Waals surface area contributed by atoms with Gasteiger partial charge in [0.25, 0.3) is 0 Å². The fourth-order valence-electron chi connectivity index (χ4n) is 4.29. The molecule has 4 heterocycles. The standard InChI is InChI=1S/C33H25N7/c1-3-7-24(8-4-1)17-26-13-15-34-22-37-30(26)19-28-11-12-29-32(39-40-33(29)21-36-28)20-31-27(14-16-35-23-38-31)18-25-9-5-2-6-10-25/h1-23H,(H,34,37)(H,35,38)/b26-17+,27-18+,30-19+,31-20+. The van der Waals surface area contributed by atoms with Gasteiger partial charge in [-0.3, -0.25) is 4.98 Å². The first kappa shape index (κ1) is 24.6. The van der Waals surface area contributed by atoms with Crippen molar-refractivity contribution in [1.82, 2.24) is 25.8 Å². The predicted molar refractivity (Wildman–Crippen MR) is 163 cm³/mol. The normalized spacial score (nSPS) is 18.7. The lowest BCUT2D eigenvalue weighted by Gasteiger charge is -2.07. The van der Waals surface area contributed by atoms with E-state index < -0.39 is 0 Å². The highest BCUT2D eigenvalue weighted by Gasteiger charge is 2.14. The average molecular weight is 520 g/mol. The molecule has 0 saturated heterocycles. The number of hydrogen-bond donors (Lipinski definition) is 2. The maximum Gasteiger partial charge on any atom is 0.113 e. The molecule has 2 aromatic carbocycles. The first-order chi connectivity index (χ1) is 19.8. The molecule has 0 aromatic heterocycles. The van der Waals surface area contributed by atoms with Gasteiger partial charge in [0, 0.05) is 40.5 Å². The summed E-state index contributed by atoms with van der Waals surface area (Å²) in [5.41, 5.74) is 9.04. The van der Waals surface area contributed by atoms with E-state index in [1.165, 1.54) is 0 Å². The third-order valence-electron chi connectivity index (χ3n) is 6.28. The van der Waals surface area contributed by atoms with Gasteiger partial charge in [-0.25, -0.2) is 9.98 Å². The molecule has 0 amide bonds. The number of nitrogens with zero attached hydrogens (tertiary/aromatic N) is 5. The van der Waals surface area contributed by atoms with Gasteiger partial charge in [0.05, 0.1) is 30.3 Å². The fourth-order valence-corrected chi connectivity index (χ4v) is 4.29. The zero-order valence-corrected chi connectivity index (χ0v) is 21.5. The highest BCUT2D eigenvalue weighted by atomic mass is 15.1. The minimum absolute atomic E-state index is 0.707. The summed E-state index contributed by atoms with van der Waals surface area (Å²) in [4.78, 5) is 13.2. The first-order valence-corrected chi connectivity index (χ1v) is 12.8. The highest BCUT2D eigenvalue weighted by Crippen LogP contribution is 2.26. The topological polar surface area (TPSA) is 87.5 Å². The Morgan fingerprint density at radius 1 is 0.575 bits per heavy atom. The molecule has 7 heteroatoms. The smallest absolute Gasteiger partial charge is 0.113 e. The molecule has 40 heavy (non-hydrogen) atoms. The SMILES string of the molecule is C1=CC(=C\c2ccccc2)/C(=C\c2ccc3c(/C=C4/NC=NC=C/C4=C\c4ccccc4)nnc-3cn2)NC=N1. The van der Waals surface area contributed by atoms with Crippen molar-refractivity contribution >= 4 is 37.0 Å². The van der Waals surface area contributed by atoms with Crippen LogP contribution in [0.4, 0.5) is 0 Å². The van der Waals surface area contributed by atoms with E-state index in [1.54, 1.807) is 31.3 Å². The van der Waals surface area contributed by atoms with Crippen molar-refractivity contribution in [1.29, 1.82) is 0 Å². The van der Waals surface area contributed by atoms with Gasteiger partial charge in [-0.15, -0.1) is 10.2 Å². The van der Waals surface area contributed by atoms with E-state index in [4.69, 9.17) is 0 Å². The molecule has 0 aliphatic carbocycles. The monoisotopic (exact) mass is 519 g/mol. The van der Waals surface area contributed by atoms with Crippen LogP contribution in [-0.4, -0.2) is 27.9 Å². The summed E-state index contributed by atoms with van der Waals surface area (Å²) in [6, 6.07) is 24.3. The maximum absolute atomic E-state index is 4.69. The number of hydrogen-bond acceptors (Lipinski definition) is 7. The van der Waals surface area contributed by atoms with Crippen LogP contribution in [0, 0.1) is 0 Å². The highest BCUT2D eigenvalue weighted by molar-refractivity contribution is 5.80. The molecule has 4 aliphatic rings. The van der Waals surface area contributed by atoms with E-state index in [2.05, 4.69) is 72.2 Å². The van der Waals surface area contributed by atoms with E-state index in [-0.39, 0.29) is 0 Å². The summed E-state index contributed by atoms with van der Waals surface area (Å²) >= 11 is 0. The quantitative estimate of drug-likeness (QED) is 0.339. The second kappa shape index (κ2) is 11.8. The van der Waals surface area contributed by atoms with Crippen molar-refractivity contribution in [3.63, 3.8) is 0 Å². The van der Waals surface area contributed by atoms with E-state index in [9.17, 15) is 0 Å². The van der Waals surface area contributed by atoms with Crippen molar-refractivity contribution in [2.75, 3.05) is 0 Å². The number of aromatic nitrogens is 3. The van der Waals surface area contributed by atoms with Crippen molar-refractivity contribution in [2.45, 2.75) is 0 Å². The van der Waals surface area contributed by atoms with Crippen molar-refractivity contribution < 1.29 is 0 Å². The van der Waals surface area contributed by atoms with E-state index >= 15 is 0 Å². The Balaban J connectivity index is 1.35. The lowest BCUT2D eigenvalue weighted by atomic mass is 10.1. The Kier molecular flexibility index (Phi) is 7.26. The van der Waals surface area contributed by atoms with Crippen LogP contribution in [-0.2, 0) is 0 Å². The Morgan fingerprint density at radius 3 is 1.80 bits per heavy atom. The van der Waals surface area contributed by atoms with Crippen LogP contribution in [0.3, 0.4) is 0 Å². The number of nitrogens with one attached hydrogen (secondary N) is 2. The van der Waals surface area contributed by atoms with Crippen LogP contribution in [0.5, 0.6) is 0 Å². The largest absolute Gasteiger partial charge is 0.346 e. The molecule has 0 fully saturated rings. The Bertz CT molecular complexity index is 1720. The van der Waals surface area contributed by atoms with Crippen LogP contribution in [0.15, 0.2) is 136 Å². The molecule has 0 spiro atoms. The Hall–Kier alpha value is -5.69. The molecule has 0 atom stereocenters. The van der Waals surface area contributed by atoms with Gasteiger partial charge < -0.3 is 10.6 Å². The molecule has 0 unspecified atom stereocenters. The van der Waals surface area contributed by atoms with Crippen molar-refractivity contribution in [3.05, 3.63) is 149 Å². The summed E-state index contributed by atoms with van der Waals surface area (Å²) in [6.45, 7) is 0. The molecular weight excluding hydrogens is 494 g/mol. The molecule has 0 radical (unpaired) electrons. The molecule has 2 N–H and O–H groups in total. The summed E-state index contributed by atoms with van der Waals surface area (Å²) in [5.74, 6) is 0. The lowest BCUT2D eigenvalue weighted by Crippen LogP contribution is -2.10. The van der Waals surface area contributed by atoms with Gasteiger partial charge in [-0.05, 0) is 59.7 Å². The molecule has 2 aromatic rings. The Morgan fingerprint density at radius 2 is 1.18 bits per heavy atom. The number of allylic oxidation sites excluding steroid dienone is 2. The zero-order valence-electron chi connectivity index (χ0n) is 21.5. The van der Waals surface area contributed by atoms with Gasteiger partial charge in [-0.2, -0.15) is 0 Å². The molecule has 0 saturated carbocycles. The van der Waals surface area contributed by atoms with Gasteiger partial charge in [0.15, 0.2) is 0 Å². The summed E-state index contributed by atoms with van der Waals surface area (Å²) in [6.07, 6.45) is 20.8. The van der Waals surface area contributed by atoms with Crippen LogP contribution >= 0.6 is 0 Å². The van der Waals surface area contributed by atoms with Crippen molar-refractivity contribution in [3.8, 4) is 11.3 Å². The van der Waals surface area contributed by atoms with Crippen molar-refractivity contribution in [2.24, 2.45) is 9.98 Å². The molecule has 192 valence electrons. The third kappa shape index (κ3) is 5.89. The van der Waals surface area contributed by atoms with E-state index in [0.717, 1.165) is 50.6 Å². The fraction of sp³-hybridized carbons (Fsp3) is 0.